The Balaban J connectivity index is 1.30. The van der Waals surface area contributed by atoms with Crippen LogP contribution in [0, 0.1) is 0 Å². The van der Waals surface area contributed by atoms with Crippen LogP contribution in [0.5, 0.6) is 0 Å². The summed E-state index contributed by atoms with van der Waals surface area (Å²) in [4.78, 5) is 7.24. The molecule has 1 saturated heterocycles. The monoisotopic (exact) mass is 469 g/mol. The molecule has 5 rings (SSSR count). The lowest BCUT2D eigenvalue weighted by molar-refractivity contribution is 0.385. The Morgan fingerprint density at radius 2 is 1.58 bits per heavy atom. The van der Waals surface area contributed by atoms with E-state index >= 15 is 0 Å². The highest BCUT2D eigenvalue weighted by molar-refractivity contribution is 7.89. The van der Waals surface area contributed by atoms with Crippen LogP contribution in [0.2, 0.25) is 5.02 Å². The van der Waals surface area contributed by atoms with Crippen LogP contribution in [0.3, 0.4) is 0 Å². The fourth-order valence-electron chi connectivity index (χ4n) is 3.76. The summed E-state index contributed by atoms with van der Waals surface area (Å²) in [5, 5.41) is 5.60. The lowest BCUT2D eigenvalue weighted by Crippen LogP contribution is -2.48. The zero-order valence-electron chi connectivity index (χ0n) is 16.6. The summed E-state index contributed by atoms with van der Waals surface area (Å²) in [5.74, 6) is 0. The smallest absolute Gasteiger partial charge is 0.243 e. The summed E-state index contributed by atoms with van der Waals surface area (Å²) in [7, 11) is -3.52. The predicted octanol–water partition coefficient (Wildman–Crippen LogP) is 5.13. The highest BCUT2D eigenvalue weighted by Gasteiger charge is 2.29. The third kappa shape index (κ3) is 4.06. The molecule has 0 aliphatic carbocycles. The van der Waals surface area contributed by atoms with Crippen molar-refractivity contribution in [2.24, 2.45) is 0 Å². The molecule has 1 aliphatic heterocycles. The number of hydrogen-bond acceptors (Lipinski definition) is 5. The topological polar surface area (TPSA) is 53.5 Å². The van der Waals surface area contributed by atoms with Gasteiger partial charge in [0, 0.05) is 42.1 Å². The first-order valence-corrected chi connectivity index (χ1v) is 12.7. The van der Waals surface area contributed by atoms with Gasteiger partial charge >= 0.3 is 0 Å². The van der Waals surface area contributed by atoms with E-state index in [1.54, 1.807) is 27.8 Å². The van der Waals surface area contributed by atoms with E-state index in [1.807, 2.05) is 60.0 Å². The van der Waals surface area contributed by atoms with Crippen LogP contribution in [0.4, 0.5) is 5.13 Å². The van der Waals surface area contributed by atoms with Gasteiger partial charge in [0.2, 0.25) is 10.0 Å². The highest BCUT2D eigenvalue weighted by atomic mass is 35.5. The molecule has 0 unspecified atom stereocenters. The summed E-state index contributed by atoms with van der Waals surface area (Å²) < 4.78 is 27.9. The fourth-order valence-corrected chi connectivity index (χ4v) is 6.23. The molecular formula is C23H20ClN3O2S2. The van der Waals surface area contributed by atoms with Crippen LogP contribution >= 0.6 is 22.9 Å². The quantitative estimate of drug-likeness (QED) is 0.416. The maximum Gasteiger partial charge on any atom is 0.243 e. The minimum atomic E-state index is -3.52. The normalized spacial score (nSPS) is 15.5. The van der Waals surface area contributed by atoms with Gasteiger partial charge in [0.05, 0.1) is 10.6 Å². The van der Waals surface area contributed by atoms with Gasteiger partial charge in [-0.25, -0.2) is 13.4 Å². The van der Waals surface area contributed by atoms with E-state index in [1.165, 1.54) is 0 Å². The Hall–Kier alpha value is -2.45. The fraction of sp³-hybridized carbons (Fsp3) is 0.174. The first kappa shape index (κ1) is 20.5. The van der Waals surface area contributed by atoms with Gasteiger partial charge in [0.15, 0.2) is 5.13 Å². The Kier molecular flexibility index (Phi) is 5.44. The second-order valence-corrected chi connectivity index (χ2v) is 10.6. The van der Waals surface area contributed by atoms with E-state index in [0.717, 1.165) is 27.2 Å². The van der Waals surface area contributed by atoms with Crippen molar-refractivity contribution in [3.8, 4) is 11.3 Å². The molecule has 4 aromatic rings. The predicted molar refractivity (Wildman–Crippen MR) is 127 cm³/mol. The number of sulfonamides is 1. The Morgan fingerprint density at radius 3 is 2.32 bits per heavy atom. The number of benzene rings is 3. The minimum absolute atomic E-state index is 0.346. The van der Waals surface area contributed by atoms with Crippen molar-refractivity contribution in [1.29, 1.82) is 0 Å². The average Bonchev–Trinajstić information content (AvgIpc) is 3.29. The molecule has 3 aromatic carbocycles. The first-order valence-electron chi connectivity index (χ1n) is 9.96. The summed E-state index contributed by atoms with van der Waals surface area (Å²) in [6.07, 6.45) is 0. The van der Waals surface area contributed by atoms with E-state index in [-0.39, 0.29) is 0 Å². The van der Waals surface area contributed by atoms with E-state index in [4.69, 9.17) is 16.6 Å². The maximum absolute atomic E-state index is 13.2. The number of nitrogens with zero attached hydrogens (tertiary/aromatic N) is 3. The zero-order valence-corrected chi connectivity index (χ0v) is 19.0. The number of aromatic nitrogens is 1. The van der Waals surface area contributed by atoms with Gasteiger partial charge in [-0.1, -0.05) is 54.1 Å². The first-order chi connectivity index (χ1) is 15.0. The third-order valence-corrected chi connectivity index (χ3v) is 8.55. The molecule has 2 heterocycles. The molecule has 0 radical (unpaired) electrons. The zero-order chi connectivity index (χ0) is 21.4. The van der Waals surface area contributed by atoms with E-state index in [9.17, 15) is 8.42 Å². The molecule has 1 aromatic heterocycles. The number of fused-ring (bicyclic) bond motifs is 1. The maximum atomic E-state index is 13.2. The van der Waals surface area contributed by atoms with Gasteiger partial charge in [0.1, 0.15) is 0 Å². The standard InChI is InChI=1S/C23H20ClN3O2S2/c24-20-8-5-18(6-9-20)22-16-30-23(25-22)26-11-13-27(14-12-26)31(28,29)21-10-7-17-3-1-2-4-19(17)15-21/h1-10,15-16H,11-14H2. The van der Waals surface area contributed by atoms with Crippen molar-refractivity contribution in [1.82, 2.24) is 9.29 Å². The summed E-state index contributed by atoms with van der Waals surface area (Å²) in [6.45, 7) is 2.09. The average molecular weight is 470 g/mol. The largest absolute Gasteiger partial charge is 0.345 e. The van der Waals surface area contributed by atoms with E-state index in [2.05, 4.69) is 4.90 Å². The molecule has 0 atom stereocenters. The van der Waals surface area contributed by atoms with Gasteiger partial charge in [-0.2, -0.15) is 4.31 Å². The Morgan fingerprint density at radius 1 is 0.871 bits per heavy atom. The van der Waals surface area contributed by atoms with Crippen molar-refractivity contribution in [2.45, 2.75) is 4.90 Å². The van der Waals surface area contributed by atoms with Crippen molar-refractivity contribution >= 4 is 48.9 Å². The molecule has 1 fully saturated rings. The Labute approximate surface area is 190 Å². The van der Waals surface area contributed by atoms with Gasteiger partial charge in [-0.3, -0.25) is 0 Å². The summed E-state index contributed by atoms with van der Waals surface area (Å²) in [5.41, 5.74) is 1.92. The number of hydrogen-bond donors (Lipinski definition) is 0. The molecule has 0 saturated carbocycles. The number of piperazine rings is 1. The van der Waals surface area contributed by atoms with E-state index < -0.39 is 10.0 Å². The minimum Gasteiger partial charge on any atom is -0.345 e. The molecule has 0 amide bonds. The number of anilines is 1. The highest BCUT2D eigenvalue weighted by Crippen LogP contribution is 2.30. The van der Waals surface area contributed by atoms with Crippen molar-refractivity contribution in [2.75, 3.05) is 31.1 Å². The van der Waals surface area contributed by atoms with Gasteiger partial charge in [0.25, 0.3) is 0 Å². The van der Waals surface area contributed by atoms with Crippen LogP contribution < -0.4 is 4.90 Å². The van der Waals surface area contributed by atoms with E-state index in [0.29, 0.717) is 36.1 Å². The summed E-state index contributed by atoms with van der Waals surface area (Å²) in [6, 6.07) is 20.7. The molecule has 31 heavy (non-hydrogen) atoms. The number of rotatable bonds is 4. The molecule has 0 bridgehead atoms. The lowest BCUT2D eigenvalue weighted by Gasteiger charge is -2.33. The molecule has 5 nitrogen and oxygen atoms in total. The van der Waals surface area contributed by atoms with Crippen molar-refractivity contribution < 1.29 is 8.42 Å². The third-order valence-electron chi connectivity index (χ3n) is 5.50. The molecule has 0 spiro atoms. The van der Waals surface area contributed by atoms with Gasteiger partial charge in [-0.15, -0.1) is 11.3 Å². The number of thiazole rings is 1. The van der Waals surface area contributed by atoms with Crippen LogP contribution in [0.1, 0.15) is 0 Å². The Bertz CT molecular complexity index is 1330. The molecule has 0 N–H and O–H groups in total. The number of halogens is 1. The van der Waals surface area contributed by atoms with Crippen LogP contribution in [-0.2, 0) is 10.0 Å². The van der Waals surface area contributed by atoms with Crippen LogP contribution in [0.25, 0.3) is 22.0 Å². The van der Waals surface area contributed by atoms with Gasteiger partial charge in [-0.05, 0) is 35.0 Å². The second-order valence-electron chi connectivity index (χ2n) is 7.42. The molecular weight excluding hydrogens is 450 g/mol. The van der Waals surface area contributed by atoms with Crippen LogP contribution in [-0.4, -0.2) is 43.9 Å². The lowest BCUT2D eigenvalue weighted by atomic mass is 10.1. The second kappa shape index (κ2) is 8.24. The van der Waals surface area contributed by atoms with Gasteiger partial charge < -0.3 is 4.90 Å². The van der Waals surface area contributed by atoms with Crippen molar-refractivity contribution in [3.63, 3.8) is 0 Å². The SMILES string of the molecule is O=S(=O)(c1ccc2ccccc2c1)N1CCN(c2nc(-c3ccc(Cl)cc3)cs2)CC1. The van der Waals surface area contributed by atoms with Crippen molar-refractivity contribution in [3.05, 3.63) is 77.1 Å². The molecule has 1 aliphatic rings. The van der Waals surface area contributed by atoms with Crippen LogP contribution in [0.15, 0.2) is 77.0 Å². The summed E-state index contributed by atoms with van der Waals surface area (Å²) >= 11 is 7.55. The molecule has 8 heteroatoms. The molecule has 158 valence electrons.